The van der Waals surface area contributed by atoms with E-state index in [-0.39, 0.29) is 0 Å². The van der Waals surface area contributed by atoms with Gasteiger partial charge in [0.15, 0.2) is 11.4 Å². The van der Waals surface area contributed by atoms with Gasteiger partial charge in [-0.3, -0.25) is 0 Å². The summed E-state index contributed by atoms with van der Waals surface area (Å²) in [5.74, 6) is 0. The lowest BCUT2D eigenvalue weighted by molar-refractivity contribution is 0.668. The second-order valence-electron chi connectivity index (χ2n) is 3.82. The zero-order valence-corrected chi connectivity index (χ0v) is 9.63. The van der Waals surface area contributed by atoms with Crippen molar-refractivity contribution < 1.29 is 0 Å². The monoisotopic (exact) mass is 211 g/mol. The third-order valence-corrected chi connectivity index (χ3v) is 2.58. The third kappa shape index (κ3) is 2.50. The molecule has 0 saturated carbocycles. The number of benzene rings is 2. The maximum Gasteiger partial charge on any atom is 0.186 e. The Bertz CT molecular complexity index is 368. The molecular formula is C15H17N+. The van der Waals surface area contributed by atoms with Gasteiger partial charge in [-0.25, -0.2) is 0 Å². The molecule has 0 aliphatic heterocycles. The normalized spacial score (nSPS) is 10.6. The van der Waals surface area contributed by atoms with E-state index in [2.05, 4.69) is 72.5 Å². The van der Waals surface area contributed by atoms with Crippen LogP contribution in [0.4, 0.5) is 11.4 Å². The molecule has 1 nitrogen and oxygen atoms in total. The third-order valence-electron chi connectivity index (χ3n) is 2.58. The lowest BCUT2D eigenvalue weighted by Gasteiger charge is -2.09. The minimum atomic E-state index is 1.05. The summed E-state index contributed by atoms with van der Waals surface area (Å²) in [6, 6.07) is 21.1. The standard InChI is InChI=1S/C15H17N/c1-2-13-16(14-9-5-3-6-10-14)15-11-7-4-8-12-15/h3-12H,2,13H2,1H3/q+1. The van der Waals surface area contributed by atoms with Gasteiger partial charge in [-0.05, 0) is 6.42 Å². The first-order valence-corrected chi connectivity index (χ1v) is 5.79. The number of hydrogen-bond acceptors (Lipinski definition) is 1. The van der Waals surface area contributed by atoms with Crippen LogP contribution in [-0.4, -0.2) is 6.54 Å². The van der Waals surface area contributed by atoms with Crippen LogP contribution < -0.4 is 4.90 Å². The van der Waals surface area contributed by atoms with Crippen LogP contribution in [0.2, 0.25) is 0 Å². The van der Waals surface area contributed by atoms with E-state index in [4.69, 9.17) is 0 Å². The van der Waals surface area contributed by atoms with Crippen molar-refractivity contribution >= 4 is 11.4 Å². The Balaban J connectivity index is 2.31. The van der Waals surface area contributed by atoms with Gasteiger partial charge in [-0.2, -0.15) is 0 Å². The highest BCUT2D eigenvalue weighted by Gasteiger charge is 2.19. The predicted molar refractivity (Wildman–Crippen MR) is 69.5 cm³/mol. The molecule has 0 atom stereocenters. The Kier molecular flexibility index (Phi) is 3.73. The molecule has 16 heavy (non-hydrogen) atoms. The quantitative estimate of drug-likeness (QED) is 0.668. The minimum absolute atomic E-state index is 1.05. The molecule has 0 saturated heterocycles. The number of hydrogen-bond donors (Lipinski definition) is 0. The Morgan fingerprint density at radius 1 is 0.750 bits per heavy atom. The summed E-state index contributed by atoms with van der Waals surface area (Å²) in [5, 5.41) is 0. The van der Waals surface area contributed by atoms with E-state index in [0.29, 0.717) is 0 Å². The molecule has 0 heterocycles. The fraction of sp³-hybridized carbons (Fsp3) is 0.200. The van der Waals surface area contributed by atoms with Crippen molar-refractivity contribution in [2.45, 2.75) is 13.3 Å². The van der Waals surface area contributed by atoms with Crippen LogP contribution in [0, 0.1) is 0 Å². The van der Waals surface area contributed by atoms with E-state index in [0.717, 1.165) is 13.0 Å². The molecule has 0 aliphatic carbocycles. The maximum absolute atomic E-state index is 2.35. The largest absolute Gasteiger partial charge is 0.186 e. The van der Waals surface area contributed by atoms with E-state index in [1.54, 1.807) is 0 Å². The van der Waals surface area contributed by atoms with Gasteiger partial charge in [0.1, 0.15) is 6.54 Å². The molecule has 0 aromatic heterocycles. The van der Waals surface area contributed by atoms with Crippen LogP contribution in [0.5, 0.6) is 0 Å². The van der Waals surface area contributed by atoms with Crippen LogP contribution in [0.25, 0.3) is 0 Å². The number of rotatable bonds is 4. The molecule has 0 aliphatic rings. The summed E-state index contributed by atoms with van der Waals surface area (Å²) in [6.45, 7) is 3.26. The number of para-hydroxylation sites is 2. The first-order valence-electron chi connectivity index (χ1n) is 5.79. The van der Waals surface area contributed by atoms with Gasteiger partial charge in [-0.1, -0.05) is 48.2 Å². The van der Waals surface area contributed by atoms with Gasteiger partial charge < -0.3 is 0 Å². The Labute approximate surface area is 97.3 Å². The van der Waals surface area contributed by atoms with E-state index in [9.17, 15) is 0 Å². The topological polar surface area (TPSA) is 5.90 Å². The Hall–Kier alpha value is -1.60. The SMILES string of the molecule is CCC[N+](c1ccccc1)c1ccccc1. The molecular weight excluding hydrogens is 194 g/mol. The van der Waals surface area contributed by atoms with Crippen LogP contribution in [0.3, 0.4) is 0 Å². The molecule has 1 radical (unpaired) electrons. The van der Waals surface area contributed by atoms with Gasteiger partial charge in [0.05, 0.1) is 0 Å². The van der Waals surface area contributed by atoms with E-state index in [1.165, 1.54) is 11.4 Å². The fourth-order valence-corrected chi connectivity index (χ4v) is 1.85. The first kappa shape index (κ1) is 10.9. The average molecular weight is 211 g/mol. The number of nitrogens with zero attached hydrogens (tertiary/aromatic N) is 1. The molecule has 0 spiro atoms. The summed E-state index contributed by atoms with van der Waals surface area (Å²) in [7, 11) is 0. The van der Waals surface area contributed by atoms with E-state index >= 15 is 0 Å². The van der Waals surface area contributed by atoms with Crippen molar-refractivity contribution in [2.75, 3.05) is 6.54 Å². The fourth-order valence-electron chi connectivity index (χ4n) is 1.85. The summed E-state index contributed by atoms with van der Waals surface area (Å²) in [6.07, 6.45) is 1.14. The molecule has 0 N–H and O–H groups in total. The highest BCUT2D eigenvalue weighted by Crippen LogP contribution is 2.23. The summed E-state index contributed by atoms with van der Waals surface area (Å²) < 4.78 is 0. The molecule has 1 heteroatoms. The van der Waals surface area contributed by atoms with Gasteiger partial charge in [0.2, 0.25) is 0 Å². The zero-order valence-electron chi connectivity index (χ0n) is 9.63. The van der Waals surface area contributed by atoms with Crippen molar-refractivity contribution in [3.8, 4) is 0 Å². The van der Waals surface area contributed by atoms with Gasteiger partial charge in [0, 0.05) is 24.3 Å². The summed E-state index contributed by atoms with van der Waals surface area (Å²) in [5.41, 5.74) is 2.52. The van der Waals surface area contributed by atoms with Gasteiger partial charge in [-0.15, -0.1) is 0 Å². The molecule has 0 amide bonds. The lowest BCUT2D eigenvalue weighted by atomic mass is 10.2. The van der Waals surface area contributed by atoms with Crippen molar-refractivity contribution in [3.05, 3.63) is 60.7 Å². The minimum Gasteiger partial charge on any atom is -0.0972 e. The van der Waals surface area contributed by atoms with Crippen molar-refractivity contribution in [3.63, 3.8) is 0 Å². The summed E-state index contributed by atoms with van der Waals surface area (Å²) in [4.78, 5) is 2.35. The molecule has 0 unspecified atom stereocenters. The Morgan fingerprint density at radius 3 is 1.56 bits per heavy atom. The van der Waals surface area contributed by atoms with Crippen LogP contribution in [0.15, 0.2) is 60.7 Å². The second-order valence-corrected chi connectivity index (χ2v) is 3.82. The molecule has 2 aromatic rings. The zero-order chi connectivity index (χ0) is 11.2. The molecule has 2 rings (SSSR count). The van der Waals surface area contributed by atoms with Crippen molar-refractivity contribution in [2.24, 2.45) is 0 Å². The van der Waals surface area contributed by atoms with Gasteiger partial charge >= 0.3 is 0 Å². The maximum atomic E-state index is 2.35. The highest BCUT2D eigenvalue weighted by atomic mass is 15.1. The predicted octanol–water partition coefficient (Wildman–Crippen LogP) is 4.20. The molecule has 0 bridgehead atoms. The average Bonchev–Trinajstić information content (AvgIpc) is 2.38. The van der Waals surface area contributed by atoms with Gasteiger partial charge in [0.25, 0.3) is 0 Å². The molecule has 0 fully saturated rings. The van der Waals surface area contributed by atoms with Crippen LogP contribution >= 0.6 is 0 Å². The highest BCUT2D eigenvalue weighted by molar-refractivity contribution is 5.52. The lowest BCUT2D eigenvalue weighted by Crippen LogP contribution is -2.18. The van der Waals surface area contributed by atoms with Crippen LogP contribution in [0.1, 0.15) is 13.3 Å². The Morgan fingerprint density at radius 2 is 1.19 bits per heavy atom. The smallest absolute Gasteiger partial charge is 0.0972 e. The summed E-state index contributed by atoms with van der Waals surface area (Å²) >= 11 is 0. The van der Waals surface area contributed by atoms with E-state index < -0.39 is 0 Å². The second kappa shape index (κ2) is 5.47. The van der Waals surface area contributed by atoms with E-state index in [1.807, 2.05) is 0 Å². The van der Waals surface area contributed by atoms with Crippen LogP contribution in [-0.2, 0) is 0 Å². The molecule has 2 aromatic carbocycles. The number of anilines is 2. The first-order chi connectivity index (χ1) is 7.92. The van der Waals surface area contributed by atoms with Crippen molar-refractivity contribution in [1.29, 1.82) is 0 Å². The van der Waals surface area contributed by atoms with Crippen molar-refractivity contribution in [1.82, 2.24) is 4.90 Å². The molecule has 81 valence electrons.